The van der Waals surface area contributed by atoms with E-state index in [1.165, 1.54) is 43.6 Å². The quantitative estimate of drug-likeness (QED) is 0.879. The number of aryl methyl sites for hydroxylation is 1. The molecule has 1 aromatic carbocycles. The van der Waals surface area contributed by atoms with E-state index in [0.29, 0.717) is 12.1 Å². The normalized spacial score (nSPS) is 32.4. The summed E-state index contributed by atoms with van der Waals surface area (Å²) < 4.78 is 0. The van der Waals surface area contributed by atoms with Crippen molar-refractivity contribution in [2.75, 3.05) is 19.6 Å². The van der Waals surface area contributed by atoms with Crippen molar-refractivity contribution in [1.82, 2.24) is 10.2 Å². The van der Waals surface area contributed by atoms with Crippen molar-refractivity contribution in [3.8, 4) is 0 Å². The first-order chi connectivity index (χ1) is 8.72. The molecule has 3 saturated heterocycles. The monoisotopic (exact) mass is 244 g/mol. The van der Waals surface area contributed by atoms with Gasteiger partial charge in [0.05, 0.1) is 0 Å². The second kappa shape index (κ2) is 5.02. The van der Waals surface area contributed by atoms with Gasteiger partial charge >= 0.3 is 0 Å². The second-order valence-electron chi connectivity index (χ2n) is 6.05. The highest BCUT2D eigenvalue weighted by Gasteiger charge is 2.34. The average molecular weight is 244 g/mol. The summed E-state index contributed by atoms with van der Waals surface area (Å²) in [7, 11) is 0. The van der Waals surface area contributed by atoms with E-state index >= 15 is 0 Å². The fourth-order valence-corrected chi connectivity index (χ4v) is 3.51. The SMILES string of the molecule is Cc1cccc(C(C)NC2CN3CCC2CC3)c1. The van der Waals surface area contributed by atoms with Crippen LogP contribution >= 0.6 is 0 Å². The van der Waals surface area contributed by atoms with Crippen LogP contribution in [-0.2, 0) is 0 Å². The van der Waals surface area contributed by atoms with Crippen LogP contribution in [0.4, 0.5) is 0 Å². The largest absolute Gasteiger partial charge is 0.306 e. The molecule has 2 heteroatoms. The maximum atomic E-state index is 3.85. The van der Waals surface area contributed by atoms with E-state index in [4.69, 9.17) is 0 Å². The van der Waals surface area contributed by atoms with E-state index < -0.39 is 0 Å². The van der Waals surface area contributed by atoms with E-state index in [-0.39, 0.29) is 0 Å². The zero-order chi connectivity index (χ0) is 12.5. The molecule has 0 saturated carbocycles. The van der Waals surface area contributed by atoms with E-state index in [2.05, 4.69) is 48.3 Å². The van der Waals surface area contributed by atoms with Gasteiger partial charge in [0.15, 0.2) is 0 Å². The third-order valence-electron chi connectivity index (χ3n) is 4.66. The highest BCUT2D eigenvalue weighted by atomic mass is 15.2. The van der Waals surface area contributed by atoms with Crippen molar-refractivity contribution in [1.29, 1.82) is 0 Å². The van der Waals surface area contributed by atoms with Crippen molar-refractivity contribution in [3.63, 3.8) is 0 Å². The zero-order valence-electron chi connectivity index (χ0n) is 11.5. The van der Waals surface area contributed by atoms with E-state index in [0.717, 1.165) is 5.92 Å². The molecule has 3 aliphatic heterocycles. The summed E-state index contributed by atoms with van der Waals surface area (Å²) in [5, 5.41) is 3.85. The topological polar surface area (TPSA) is 15.3 Å². The Hall–Kier alpha value is -0.860. The number of fused-ring (bicyclic) bond motifs is 3. The molecular weight excluding hydrogens is 220 g/mol. The Bertz CT molecular complexity index is 407. The van der Waals surface area contributed by atoms with Crippen LogP contribution in [0.5, 0.6) is 0 Å². The first kappa shape index (κ1) is 12.2. The third kappa shape index (κ3) is 2.45. The predicted octanol–water partition coefficient (Wildman–Crippen LogP) is 2.74. The fourth-order valence-electron chi connectivity index (χ4n) is 3.51. The molecule has 3 aliphatic rings. The Labute approximate surface area is 110 Å². The molecule has 18 heavy (non-hydrogen) atoms. The maximum Gasteiger partial charge on any atom is 0.0295 e. The molecule has 3 heterocycles. The minimum absolute atomic E-state index is 0.468. The van der Waals surface area contributed by atoms with Crippen LogP contribution < -0.4 is 5.32 Å². The Morgan fingerprint density at radius 2 is 2.06 bits per heavy atom. The maximum absolute atomic E-state index is 3.85. The molecular formula is C16H24N2. The lowest BCUT2D eigenvalue weighted by atomic mass is 9.83. The van der Waals surface area contributed by atoms with Crippen LogP contribution in [0.2, 0.25) is 0 Å². The summed E-state index contributed by atoms with van der Waals surface area (Å²) in [6.07, 6.45) is 2.77. The number of benzene rings is 1. The second-order valence-corrected chi connectivity index (χ2v) is 6.05. The zero-order valence-corrected chi connectivity index (χ0v) is 11.5. The van der Waals surface area contributed by atoms with Crippen LogP contribution in [0.1, 0.15) is 36.9 Å². The van der Waals surface area contributed by atoms with Gasteiger partial charge in [-0.1, -0.05) is 29.8 Å². The molecule has 0 spiro atoms. The van der Waals surface area contributed by atoms with Gasteiger partial charge in [0.1, 0.15) is 0 Å². The molecule has 2 bridgehead atoms. The number of hydrogen-bond donors (Lipinski definition) is 1. The molecule has 98 valence electrons. The molecule has 2 atom stereocenters. The Balaban J connectivity index is 1.66. The highest BCUT2D eigenvalue weighted by Crippen LogP contribution is 2.29. The van der Waals surface area contributed by atoms with Crippen molar-refractivity contribution >= 4 is 0 Å². The number of rotatable bonds is 3. The molecule has 1 N–H and O–H groups in total. The van der Waals surface area contributed by atoms with Gasteiger partial charge in [-0.3, -0.25) is 0 Å². The highest BCUT2D eigenvalue weighted by molar-refractivity contribution is 5.24. The minimum atomic E-state index is 0.468. The lowest BCUT2D eigenvalue weighted by Crippen LogP contribution is -2.56. The Morgan fingerprint density at radius 3 is 2.67 bits per heavy atom. The number of nitrogens with one attached hydrogen (secondary N) is 1. The molecule has 0 radical (unpaired) electrons. The van der Waals surface area contributed by atoms with Crippen molar-refractivity contribution in [2.24, 2.45) is 5.92 Å². The van der Waals surface area contributed by atoms with Gasteiger partial charge in [-0.05, 0) is 51.3 Å². The number of nitrogens with zero attached hydrogens (tertiary/aromatic N) is 1. The summed E-state index contributed by atoms with van der Waals surface area (Å²) in [6.45, 7) is 8.36. The first-order valence-corrected chi connectivity index (χ1v) is 7.27. The van der Waals surface area contributed by atoms with Gasteiger partial charge in [-0.2, -0.15) is 0 Å². The molecule has 1 aromatic rings. The van der Waals surface area contributed by atoms with E-state index in [1.54, 1.807) is 0 Å². The minimum Gasteiger partial charge on any atom is -0.306 e. The number of piperidine rings is 3. The number of hydrogen-bond acceptors (Lipinski definition) is 2. The lowest BCUT2D eigenvalue weighted by Gasteiger charge is -2.46. The van der Waals surface area contributed by atoms with Crippen molar-refractivity contribution in [3.05, 3.63) is 35.4 Å². The standard InChI is InChI=1S/C16H24N2/c1-12-4-3-5-15(10-12)13(2)17-16-11-18-8-6-14(16)7-9-18/h3-5,10,13-14,16-17H,6-9,11H2,1-2H3. The van der Waals surface area contributed by atoms with Crippen molar-refractivity contribution in [2.45, 2.75) is 38.8 Å². The summed E-state index contributed by atoms with van der Waals surface area (Å²) in [5.74, 6) is 0.905. The molecule has 3 fully saturated rings. The first-order valence-electron chi connectivity index (χ1n) is 7.27. The van der Waals surface area contributed by atoms with E-state index in [9.17, 15) is 0 Å². The molecule has 4 rings (SSSR count). The third-order valence-corrected chi connectivity index (χ3v) is 4.66. The lowest BCUT2D eigenvalue weighted by molar-refractivity contribution is 0.0680. The smallest absolute Gasteiger partial charge is 0.0295 e. The fraction of sp³-hybridized carbons (Fsp3) is 0.625. The molecule has 0 aromatic heterocycles. The van der Waals surface area contributed by atoms with Crippen LogP contribution in [0, 0.1) is 12.8 Å². The summed E-state index contributed by atoms with van der Waals surface area (Å²) >= 11 is 0. The van der Waals surface area contributed by atoms with Gasteiger partial charge in [-0.15, -0.1) is 0 Å². The molecule has 0 aliphatic carbocycles. The summed E-state index contributed by atoms with van der Waals surface area (Å²) in [4.78, 5) is 2.61. The molecule has 2 nitrogen and oxygen atoms in total. The predicted molar refractivity (Wildman–Crippen MR) is 75.7 cm³/mol. The Kier molecular flexibility index (Phi) is 3.40. The van der Waals surface area contributed by atoms with E-state index in [1.807, 2.05) is 0 Å². The Morgan fingerprint density at radius 1 is 1.28 bits per heavy atom. The van der Waals surface area contributed by atoms with Gasteiger partial charge < -0.3 is 10.2 Å². The van der Waals surface area contributed by atoms with Crippen LogP contribution in [-0.4, -0.2) is 30.6 Å². The van der Waals surface area contributed by atoms with Crippen LogP contribution in [0.15, 0.2) is 24.3 Å². The molecule has 0 amide bonds. The molecule has 2 unspecified atom stereocenters. The average Bonchev–Trinajstić information content (AvgIpc) is 2.40. The van der Waals surface area contributed by atoms with Gasteiger partial charge in [0, 0.05) is 18.6 Å². The van der Waals surface area contributed by atoms with Gasteiger partial charge in [0.2, 0.25) is 0 Å². The van der Waals surface area contributed by atoms with Crippen LogP contribution in [0.3, 0.4) is 0 Å². The van der Waals surface area contributed by atoms with Crippen LogP contribution in [0.25, 0.3) is 0 Å². The van der Waals surface area contributed by atoms with Gasteiger partial charge in [-0.25, -0.2) is 0 Å². The van der Waals surface area contributed by atoms with Gasteiger partial charge in [0.25, 0.3) is 0 Å². The van der Waals surface area contributed by atoms with Crippen molar-refractivity contribution < 1.29 is 0 Å². The summed E-state index contributed by atoms with van der Waals surface area (Å²) in [5.41, 5.74) is 2.78. The summed E-state index contributed by atoms with van der Waals surface area (Å²) in [6, 6.07) is 10.0.